The van der Waals surface area contributed by atoms with E-state index in [9.17, 15) is 4.79 Å². The van der Waals surface area contributed by atoms with Gasteiger partial charge in [-0.2, -0.15) is 5.10 Å². The van der Waals surface area contributed by atoms with Gasteiger partial charge in [0.2, 0.25) is 5.82 Å². The molecule has 1 fully saturated rings. The van der Waals surface area contributed by atoms with Gasteiger partial charge in [-0.05, 0) is 19.3 Å². The zero-order valence-electron chi connectivity index (χ0n) is 8.40. The lowest BCUT2D eigenvalue weighted by molar-refractivity contribution is 0.0732. The minimum Gasteiger partial charge on any atom is -0.333 e. The van der Waals surface area contributed by atoms with Crippen molar-refractivity contribution in [3.05, 3.63) is 12.2 Å². The largest absolute Gasteiger partial charge is 0.333 e. The van der Waals surface area contributed by atoms with Crippen LogP contribution in [0.25, 0.3) is 0 Å². The van der Waals surface area contributed by atoms with E-state index in [1.54, 1.807) is 0 Å². The van der Waals surface area contributed by atoms with E-state index in [1.807, 2.05) is 4.90 Å². The van der Waals surface area contributed by atoms with E-state index in [0.29, 0.717) is 17.8 Å². The Hall–Kier alpha value is -1.39. The number of carbonyl (C=O) groups excluding carboxylic acids is 1. The average Bonchev–Trinajstić information content (AvgIpc) is 2.73. The highest BCUT2D eigenvalue weighted by Crippen LogP contribution is 2.23. The van der Waals surface area contributed by atoms with Gasteiger partial charge in [0.1, 0.15) is 6.33 Å². The number of amides is 1. The number of rotatable bonds is 1. The molecule has 2 unspecified atom stereocenters. The molecule has 1 amide bonds. The van der Waals surface area contributed by atoms with Crippen molar-refractivity contribution in [3.63, 3.8) is 0 Å². The van der Waals surface area contributed by atoms with E-state index < -0.39 is 0 Å². The molecular formula is C9H14N4O. The van der Waals surface area contributed by atoms with Crippen molar-refractivity contribution >= 4 is 5.91 Å². The van der Waals surface area contributed by atoms with E-state index in [1.165, 1.54) is 6.33 Å². The van der Waals surface area contributed by atoms with Gasteiger partial charge in [0.25, 0.3) is 5.91 Å². The van der Waals surface area contributed by atoms with E-state index in [2.05, 4.69) is 29.0 Å². The van der Waals surface area contributed by atoms with Crippen molar-refractivity contribution < 1.29 is 4.79 Å². The topological polar surface area (TPSA) is 61.9 Å². The monoisotopic (exact) mass is 194 g/mol. The molecule has 0 aliphatic carbocycles. The fourth-order valence-electron chi connectivity index (χ4n) is 2.03. The van der Waals surface area contributed by atoms with Gasteiger partial charge >= 0.3 is 0 Å². The Morgan fingerprint density at radius 3 is 2.93 bits per heavy atom. The van der Waals surface area contributed by atoms with Crippen molar-refractivity contribution in [1.82, 2.24) is 20.1 Å². The molecule has 1 aliphatic rings. The molecule has 1 aliphatic heterocycles. The van der Waals surface area contributed by atoms with E-state index in [-0.39, 0.29) is 5.91 Å². The molecule has 14 heavy (non-hydrogen) atoms. The van der Waals surface area contributed by atoms with Gasteiger partial charge in [0.15, 0.2) is 0 Å². The van der Waals surface area contributed by atoms with Crippen LogP contribution in [0.3, 0.4) is 0 Å². The maximum Gasteiger partial charge on any atom is 0.291 e. The maximum atomic E-state index is 11.9. The number of nitrogens with one attached hydrogen (secondary N) is 1. The van der Waals surface area contributed by atoms with E-state index >= 15 is 0 Å². The second-order valence-electron chi connectivity index (χ2n) is 3.98. The smallest absolute Gasteiger partial charge is 0.291 e. The Morgan fingerprint density at radius 2 is 2.43 bits per heavy atom. The molecule has 2 heterocycles. The summed E-state index contributed by atoms with van der Waals surface area (Å²) in [5, 5.41) is 6.27. The molecule has 1 saturated heterocycles. The van der Waals surface area contributed by atoms with Crippen molar-refractivity contribution in [2.75, 3.05) is 6.54 Å². The summed E-state index contributed by atoms with van der Waals surface area (Å²) < 4.78 is 0. The first-order valence-corrected chi connectivity index (χ1v) is 4.85. The van der Waals surface area contributed by atoms with Crippen LogP contribution in [0.2, 0.25) is 0 Å². The van der Waals surface area contributed by atoms with Gasteiger partial charge < -0.3 is 4.90 Å². The number of hydrogen-bond acceptors (Lipinski definition) is 3. The number of hydrogen-bond donors (Lipinski definition) is 1. The summed E-state index contributed by atoms with van der Waals surface area (Å²) in [5.41, 5.74) is 0. The van der Waals surface area contributed by atoms with Gasteiger partial charge in [-0.3, -0.25) is 9.89 Å². The lowest BCUT2D eigenvalue weighted by Crippen LogP contribution is -2.34. The van der Waals surface area contributed by atoms with Gasteiger partial charge in [0, 0.05) is 12.6 Å². The molecule has 0 spiro atoms. The van der Waals surface area contributed by atoms with Crippen LogP contribution in [0.1, 0.15) is 30.9 Å². The Morgan fingerprint density at radius 1 is 1.64 bits per heavy atom. The number of likely N-dealkylation sites (tertiary alicyclic amines) is 1. The Bertz CT molecular complexity index is 322. The number of nitrogens with zero attached hydrogens (tertiary/aromatic N) is 3. The molecule has 1 aromatic rings. The van der Waals surface area contributed by atoms with Gasteiger partial charge in [-0.25, -0.2) is 4.98 Å². The number of H-pyrrole nitrogens is 1. The highest BCUT2D eigenvalue weighted by atomic mass is 16.2. The van der Waals surface area contributed by atoms with Crippen molar-refractivity contribution in [3.8, 4) is 0 Å². The standard InChI is InChI=1S/C9H14N4O/c1-6-3-7(2)13(4-6)9(14)8-10-5-11-12-8/h5-7H,3-4H2,1-2H3,(H,10,11,12). The molecule has 5 nitrogen and oxygen atoms in total. The zero-order chi connectivity index (χ0) is 10.1. The Balaban J connectivity index is 2.13. The highest BCUT2D eigenvalue weighted by Gasteiger charge is 2.31. The second-order valence-corrected chi connectivity index (χ2v) is 3.98. The summed E-state index contributed by atoms with van der Waals surface area (Å²) in [4.78, 5) is 17.6. The lowest BCUT2D eigenvalue weighted by atomic mass is 10.1. The minimum atomic E-state index is -0.0423. The Labute approximate surface area is 82.5 Å². The third kappa shape index (κ3) is 1.49. The SMILES string of the molecule is CC1CC(C)N(C(=O)c2ncn[nH]2)C1. The highest BCUT2D eigenvalue weighted by molar-refractivity contribution is 5.90. The quantitative estimate of drug-likeness (QED) is 0.715. The summed E-state index contributed by atoms with van der Waals surface area (Å²) in [5.74, 6) is 0.877. The van der Waals surface area contributed by atoms with Crippen LogP contribution in [-0.2, 0) is 0 Å². The fourth-order valence-corrected chi connectivity index (χ4v) is 2.03. The molecule has 76 valence electrons. The minimum absolute atomic E-state index is 0.0423. The normalized spacial score (nSPS) is 26.9. The van der Waals surface area contributed by atoms with E-state index in [0.717, 1.165) is 13.0 Å². The summed E-state index contributed by atoms with van der Waals surface area (Å²) in [6.45, 7) is 5.04. The van der Waals surface area contributed by atoms with Crippen molar-refractivity contribution in [2.45, 2.75) is 26.3 Å². The van der Waals surface area contributed by atoms with Crippen LogP contribution in [0, 0.1) is 5.92 Å². The molecule has 0 radical (unpaired) electrons. The molecule has 5 heteroatoms. The third-order valence-electron chi connectivity index (χ3n) is 2.66. The van der Waals surface area contributed by atoms with Crippen LogP contribution in [-0.4, -0.2) is 38.6 Å². The van der Waals surface area contributed by atoms with Crippen molar-refractivity contribution in [1.29, 1.82) is 0 Å². The van der Waals surface area contributed by atoms with Crippen LogP contribution in [0.15, 0.2) is 6.33 Å². The molecule has 2 atom stereocenters. The van der Waals surface area contributed by atoms with Crippen LogP contribution >= 0.6 is 0 Å². The van der Waals surface area contributed by atoms with Gasteiger partial charge in [0.05, 0.1) is 0 Å². The molecule has 1 N–H and O–H groups in total. The third-order valence-corrected chi connectivity index (χ3v) is 2.66. The summed E-state index contributed by atoms with van der Waals surface area (Å²) in [6, 6.07) is 0.308. The first kappa shape index (κ1) is 9.18. The molecule has 2 rings (SSSR count). The van der Waals surface area contributed by atoms with Gasteiger partial charge in [-0.1, -0.05) is 6.92 Å². The average molecular weight is 194 g/mol. The number of aromatic amines is 1. The molecule has 0 aromatic carbocycles. The summed E-state index contributed by atoms with van der Waals surface area (Å²) in [6.07, 6.45) is 2.43. The predicted molar refractivity (Wildman–Crippen MR) is 50.7 cm³/mol. The fraction of sp³-hybridized carbons (Fsp3) is 0.667. The van der Waals surface area contributed by atoms with Crippen LogP contribution in [0.4, 0.5) is 0 Å². The first-order valence-electron chi connectivity index (χ1n) is 4.85. The number of carbonyl (C=O) groups is 1. The summed E-state index contributed by atoms with van der Waals surface area (Å²) in [7, 11) is 0. The zero-order valence-corrected chi connectivity index (χ0v) is 8.40. The summed E-state index contributed by atoms with van der Waals surface area (Å²) >= 11 is 0. The second kappa shape index (κ2) is 3.40. The van der Waals surface area contributed by atoms with E-state index in [4.69, 9.17) is 0 Å². The van der Waals surface area contributed by atoms with Gasteiger partial charge in [-0.15, -0.1) is 0 Å². The molecule has 1 aromatic heterocycles. The molecule has 0 saturated carbocycles. The van der Waals surface area contributed by atoms with Crippen molar-refractivity contribution in [2.24, 2.45) is 5.92 Å². The predicted octanol–water partition coefficient (Wildman–Crippen LogP) is 0.675. The molecule has 0 bridgehead atoms. The first-order chi connectivity index (χ1) is 6.68. The maximum absolute atomic E-state index is 11.9. The van der Waals surface area contributed by atoms with Crippen LogP contribution in [0.5, 0.6) is 0 Å². The lowest BCUT2D eigenvalue weighted by Gasteiger charge is -2.19. The van der Waals surface area contributed by atoms with Crippen LogP contribution < -0.4 is 0 Å². The Kier molecular flexibility index (Phi) is 2.23. The number of aromatic nitrogens is 3. The molecular weight excluding hydrogens is 180 g/mol.